The monoisotopic (exact) mass is 416 g/mol. The van der Waals surface area contributed by atoms with Gasteiger partial charge in [-0.2, -0.15) is 47.9 Å². The summed E-state index contributed by atoms with van der Waals surface area (Å²) in [5.74, 6) is 0. The van der Waals surface area contributed by atoms with Crippen LogP contribution >= 0.6 is 0 Å². The summed E-state index contributed by atoms with van der Waals surface area (Å²) < 4.78 is 137. The molecule has 13 heteroatoms. The van der Waals surface area contributed by atoms with Gasteiger partial charge in [-0.1, -0.05) is 12.2 Å². The van der Waals surface area contributed by atoms with Crippen LogP contribution in [0.1, 0.15) is 23.1 Å². The smallest absolute Gasteiger partial charge is 0.263 e. The molecule has 3 nitrogen and oxygen atoms in total. The molecule has 26 heavy (non-hydrogen) atoms. The minimum absolute atomic E-state index is 0.0869. The van der Waals surface area contributed by atoms with Gasteiger partial charge in [0.15, 0.2) is 0 Å². The first-order chi connectivity index (χ1) is 11.5. The van der Waals surface area contributed by atoms with Gasteiger partial charge in [-0.25, -0.2) is 0 Å². The average Bonchev–Trinajstić information content (AvgIpc) is 2.43. The summed E-state index contributed by atoms with van der Waals surface area (Å²) in [7, 11) is -5.83. The minimum Gasteiger partial charge on any atom is -0.263 e. The van der Waals surface area contributed by atoms with Gasteiger partial charge in [0.05, 0.1) is 17.7 Å². The summed E-state index contributed by atoms with van der Waals surface area (Å²) in [5.41, 5.74) is -9.30. The zero-order valence-electron chi connectivity index (χ0n) is 12.3. The molecule has 0 fully saturated rings. The first kappa shape index (κ1) is 22.3. The fourth-order valence-corrected chi connectivity index (χ4v) is 2.04. The van der Waals surface area contributed by atoms with E-state index in [0.29, 0.717) is 12.1 Å². The molecule has 0 amide bonds. The van der Waals surface area contributed by atoms with Gasteiger partial charge in [0.1, 0.15) is 0 Å². The highest BCUT2D eigenvalue weighted by Crippen LogP contribution is 2.36. The molecule has 0 saturated carbocycles. The highest BCUT2D eigenvalue weighted by Gasteiger charge is 2.47. The molecule has 1 rings (SSSR count). The molecule has 1 aromatic carbocycles. The predicted octanol–water partition coefficient (Wildman–Crippen LogP) is 4.99. The van der Waals surface area contributed by atoms with Crippen LogP contribution in [-0.2, 0) is 26.7 Å². The Hall–Kier alpha value is -1.76. The molecule has 0 unspecified atom stereocenters. The van der Waals surface area contributed by atoms with Gasteiger partial charge in [-0.3, -0.25) is 4.18 Å². The molecule has 0 atom stereocenters. The molecular weight excluding hydrogens is 407 g/mol. The third-order valence-corrected chi connectivity index (χ3v) is 3.77. The van der Waals surface area contributed by atoms with Crippen molar-refractivity contribution < 1.29 is 52.1 Å². The maximum Gasteiger partial charge on any atom is 0.523 e. The Kier molecular flexibility index (Phi) is 6.40. The van der Waals surface area contributed by atoms with E-state index in [1.54, 1.807) is 0 Å². The van der Waals surface area contributed by atoms with Crippen molar-refractivity contribution in [1.29, 1.82) is 0 Å². The van der Waals surface area contributed by atoms with Gasteiger partial charge in [-0.05, 0) is 30.2 Å². The minimum atomic E-state index is -5.83. The maximum atomic E-state index is 12.6. The van der Waals surface area contributed by atoms with Gasteiger partial charge < -0.3 is 0 Å². The van der Waals surface area contributed by atoms with E-state index in [1.807, 2.05) is 0 Å². The van der Waals surface area contributed by atoms with Crippen molar-refractivity contribution in [2.24, 2.45) is 0 Å². The Balaban J connectivity index is 2.91. The Morgan fingerprint density at radius 3 is 1.69 bits per heavy atom. The molecule has 0 aliphatic carbocycles. The maximum absolute atomic E-state index is 12.6. The fourth-order valence-electron chi connectivity index (χ4n) is 1.59. The lowest BCUT2D eigenvalue weighted by molar-refractivity contribution is -0.143. The second kappa shape index (κ2) is 7.47. The van der Waals surface area contributed by atoms with E-state index >= 15 is 0 Å². The third kappa shape index (κ3) is 6.20. The molecular formula is C13H9F9O3S. The average molecular weight is 416 g/mol. The summed E-state index contributed by atoms with van der Waals surface area (Å²) >= 11 is 0. The largest absolute Gasteiger partial charge is 0.523 e. The number of halogens is 9. The molecule has 0 aromatic heterocycles. The van der Waals surface area contributed by atoms with Crippen molar-refractivity contribution in [3.05, 3.63) is 41.0 Å². The van der Waals surface area contributed by atoms with Gasteiger partial charge in [0.25, 0.3) is 0 Å². The molecule has 0 spiro atoms. The number of alkyl halides is 9. The van der Waals surface area contributed by atoms with E-state index in [1.165, 1.54) is 0 Å². The highest BCUT2D eigenvalue weighted by molar-refractivity contribution is 7.87. The Morgan fingerprint density at radius 2 is 1.31 bits per heavy atom. The molecule has 148 valence electrons. The van der Waals surface area contributed by atoms with Crippen LogP contribution in [0.5, 0.6) is 0 Å². The second-order valence-corrected chi connectivity index (χ2v) is 6.36. The van der Waals surface area contributed by atoms with Crippen LogP contribution in [0.2, 0.25) is 0 Å². The normalized spacial score (nSPS) is 14.2. The molecule has 0 bridgehead atoms. The van der Waals surface area contributed by atoms with Crippen molar-refractivity contribution in [3.8, 4) is 0 Å². The SMILES string of the molecule is O=S(=O)(OCC/C=C\c1cc(C(F)(F)F)cc(C(F)(F)F)c1)C(F)(F)F. The first-order valence-electron chi connectivity index (χ1n) is 6.46. The molecule has 0 radical (unpaired) electrons. The first-order valence-corrected chi connectivity index (χ1v) is 7.86. The lowest BCUT2D eigenvalue weighted by atomic mass is 10.0. The number of benzene rings is 1. The summed E-state index contributed by atoms with van der Waals surface area (Å²) in [4.78, 5) is 0. The zero-order chi connectivity index (χ0) is 20.4. The molecule has 0 heterocycles. The summed E-state index contributed by atoms with van der Waals surface area (Å²) in [6.45, 7) is -0.997. The van der Waals surface area contributed by atoms with Crippen LogP contribution in [0.4, 0.5) is 39.5 Å². The number of hydrogen-bond donors (Lipinski definition) is 0. The zero-order valence-corrected chi connectivity index (χ0v) is 13.2. The van der Waals surface area contributed by atoms with Crippen molar-refractivity contribution in [3.63, 3.8) is 0 Å². The van der Waals surface area contributed by atoms with Gasteiger partial charge in [-0.15, -0.1) is 0 Å². The number of rotatable bonds is 5. The standard InChI is InChI=1S/C13H9F9O3S/c14-11(15,16)9-5-8(6-10(7-9)12(17,18)19)3-1-2-4-25-26(23,24)13(20,21)22/h1,3,5-7H,2,4H2/b3-1-. The lowest BCUT2D eigenvalue weighted by Crippen LogP contribution is -2.25. The predicted molar refractivity (Wildman–Crippen MR) is 71.0 cm³/mol. The van der Waals surface area contributed by atoms with E-state index in [-0.39, 0.29) is 6.07 Å². The van der Waals surface area contributed by atoms with Crippen molar-refractivity contribution in [2.75, 3.05) is 6.61 Å². The Bertz CT molecular complexity index is 726. The van der Waals surface area contributed by atoms with Crippen LogP contribution < -0.4 is 0 Å². The number of hydrogen-bond acceptors (Lipinski definition) is 3. The van der Waals surface area contributed by atoms with E-state index in [0.717, 1.165) is 12.2 Å². The summed E-state index contributed by atoms with van der Waals surface area (Å²) in [6, 6.07) is 0.717. The molecule has 0 N–H and O–H groups in total. The highest BCUT2D eigenvalue weighted by atomic mass is 32.2. The molecule has 0 aliphatic heterocycles. The third-order valence-electron chi connectivity index (χ3n) is 2.73. The summed E-state index contributed by atoms with van der Waals surface area (Å²) in [5, 5.41) is 0. The van der Waals surface area contributed by atoms with Crippen LogP contribution in [0, 0.1) is 0 Å². The van der Waals surface area contributed by atoms with E-state index in [2.05, 4.69) is 4.18 Å². The van der Waals surface area contributed by atoms with E-state index in [9.17, 15) is 47.9 Å². The van der Waals surface area contributed by atoms with Crippen molar-refractivity contribution in [2.45, 2.75) is 24.3 Å². The van der Waals surface area contributed by atoms with Crippen LogP contribution in [0.25, 0.3) is 6.08 Å². The lowest BCUT2D eigenvalue weighted by Gasteiger charge is -2.13. The van der Waals surface area contributed by atoms with Gasteiger partial charge >= 0.3 is 28.0 Å². The van der Waals surface area contributed by atoms with Gasteiger partial charge in [0, 0.05) is 0 Å². The fraction of sp³-hybridized carbons (Fsp3) is 0.385. The second-order valence-electron chi connectivity index (χ2n) is 4.75. The Labute approximate surface area is 141 Å². The van der Waals surface area contributed by atoms with E-state index in [4.69, 9.17) is 0 Å². The Morgan fingerprint density at radius 1 is 0.846 bits per heavy atom. The topological polar surface area (TPSA) is 43.4 Å². The van der Waals surface area contributed by atoms with Crippen LogP contribution in [0.3, 0.4) is 0 Å². The van der Waals surface area contributed by atoms with Crippen molar-refractivity contribution >= 4 is 16.2 Å². The summed E-state index contributed by atoms with van der Waals surface area (Å²) in [6.07, 6.45) is -8.95. The van der Waals surface area contributed by atoms with Crippen molar-refractivity contribution in [1.82, 2.24) is 0 Å². The van der Waals surface area contributed by atoms with Gasteiger partial charge in [0.2, 0.25) is 0 Å². The van der Waals surface area contributed by atoms with Crippen LogP contribution in [0.15, 0.2) is 24.3 Å². The molecule has 0 saturated heterocycles. The molecule has 0 aliphatic rings. The molecule has 1 aromatic rings. The van der Waals surface area contributed by atoms with Crippen LogP contribution in [-0.4, -0.2) is 20.5 Å². The van der Waals surface area contributed by atoms with E-state index < -0.39 is 57.7 Å². The quantitative estimate of drug-likeness (QED) is 0.294.